The van der Waals surface area contributed by atoms with Gasteiger partial charge in [-0.25, -0.2) is 0 Å². The molecule has 2 aromatic carbocycles. The van der Waals surface area contributed by atoms with Crippen LogP contribution in [0.15, 0.2) is 45.8 Å². The molecule has 0 saturated carbocycles. The first-order valence-corrected chi connectivity index (χ1v) is 6.21. The second kappa shape index (κ2) is 4.77. The molecule has 5 heteroatoms. The van der Waals surface area contributed by atoms with Crippen LogP contribution in [-0.2, 0) is 0 Å². The SMILES string of the molecule is CN=C(N)Nc1cc(OC)cc2oc3ccccc3c12. The summed E-state index contributed by atoms with van der Waals surface area (Å²) in [5.74, 6) is 1.03. The first-order chi connectivity index (χ1) is 9.72. The molecule has 0 bridgehead atoms. The van der Waals surface area contributed by atoms with Gasteiger partial charge in [-0.2, -0.15) is 0 Å². The number of nitrogens with zero attached hydrogens (tertiary/aromatic N) is 1. The number of rotatable bonds is 2. The highest BCUT2D eigenvalue weighted by Gasteiger charge is 2.13. The fourth-order valence-corrected chi connectivity index (χ4v) is 2.24. The van der Waals surface area contributed by atoms with E-state index < -0.39 is 0 Å². The molecule has 0 fully saturated rings. The summed E-state index contributed by atoms with van der Waals surface area (Å²) in [7, 11) is 3.25. The molecule has 0 atom stereocenters. The zero-order valence-electron chi connectivity index (χ0n) is 11.3. The van der Waals surface area contributed by atoms with Crippen molar-refractivity contribution < 1.29 is 9.15 Å². The van der Waals surface area contributed by atoms with Crippen molar-refractivity contribution in [2.24, 2.45) is 10.7 Å². The molecule has 0 aliphatic heterocycles. The van der Waals surface area contributed by atoms with Gasteiger partial charge in [0.25, 0.3) is 0 Å². The molecule has 1 heterocycles. The van der Waals surface area contributed by atoms with Crippen molar-refractivity contribution in [1.29, 1.82) is 0 Å². The van der Waals surface area contributed by atoms with Gasteiger partial charge in [0.1, 0.15) is 16.9 Å². The molecule has 3 rings (SSSR count). The Morgan fingerprint density at radius 1 is 1.25 bits per heavy atom. The lowest BCUT2D eigenvalue weighted by Crippen LogP contribution is -2.22. The third-order valence-electron chi connectivity index (χ3n) is 3.19. The molecule has 5 nitrogen and oxygen atoms in total. The molecule has 20 heavy (non-hydrogen) atoms. The number of hydrogen-bond donors (Lipinski definition) is 2. The van der Waals surface area contributed by atoms with Crippen LogP contribution in [0.5, 0.6) is 5.75 Å². The van der Waals surface area contributed by atoms with Gasteiger partial charge in [0.2, 0.25) is 0 Å². The summed E-state index contributed by atoms with van der Waals surface area (Å²) < 4.78 is 11.1. The minimum Gasteiger partial charge on any atom is -0.497 e. The molecular formula is C15H15N3O2. The van der Waals surface area contributed by atoms with E-state index in [2.05, 4.69) is 10.3 Å². The Hall–Kier alpha value is -2.69. The van der Waals surface area contributed by atoms with Crippen molar-refractivity contribution in [3.05, 3.63) is 36.4 Å². The number of anilines is 1. The Bertz CT molecular complexity index is 805. The molecule has 1 aromatic heterocycles. The molecule has 0 unspecified atom stereocenters. The van der Waals surface area contributed by atoms with Crippen molar-refractivity contribution in [3.8, 4) is 5.75 Å². The van der Waals surface area contributed by atoms with Crippen LogP contribution in [0.4, 0.5) is 5.69 Å². The van der Waals surface area contributed by atoms with Gasteiger partial charge in [-0.15, -0.1) is 0 Å². The number of furan rings is 1. The number of methoxy groups -OCH3 is 1. The Labute approximate surface area is 116 Å². The van der Waals surface area contributed by atoms with Gasteiger partial charge in [-0.05, 0) is 6.07 Å². The third kappa shape index (κ3) is 1.93. The molecule has 102 valence electrons. The Morgan fingerprint density at radius 2 is 2.05 bits per heavy atom. The maximum Gasteiger partial charge on any atom is 0.192 e. The van der Waals surface area contributed by atoms with E-state index in [4.69, 9.17) is 14.9 Å². The van der Waals surface area contributed by atoms with E-state index >= 15 is 0 Å². The second-order valence-electron chi connectivity index (χ2n) is 4.38. The van der Waals surface area contributed by atoms with Crippen LogP contribution in [-0.4, -0.2) is 20.1 Å². The third-order valence-corrected chi connectivity index (χ3v) is 3.19. The monoisotopic (exact) mass is 269 g/mol. The number of benzene rings is 2. The van der Waals surface area contributed by atoms with Gasteiger partial charge >= 0.3 is 0 Å². The topological polar surface area (TPSA) is 72.8 Å². The molecule has 0 aliphatic carbocycles. The smallest absolute Gasteiger partial charge is 0.192 e. The zero-order valence-corrected chi connectivity index (χ0v) is 11.3. The van der Waals surface area contributed by atoms with E-state index in [1.165, 1.54) is 0 Å². The van der Waals surface area contributed by atoms with E-state index in [9.17, 15) is 0 Å². The average molecular weight is 269 g/mol. The van der Waals surface area contributed by atoms with E-state index in [0.717, 1.165) is 27.6 Å². The highest BCUT2D eigenvalue weighted by atomic mass is 16.5. The number of nitrogens with two attached hydrogens (primary N) is 1. The lowest BCUT2D eigenvalue weighted by Gasteiger charge is -2.08. The average Bonchev–Trinajstić information content (AvgIpc) is 2.85. The number of aliphatic imine (C=N–C) groups is 1. The standard InChI is InChI=1S/C15H15N3O2/c1-17-15(16)18-11-7-9(19-2)8-13-14(11)10-5-3-4-6-12(10)20-13/h3-8H,1-2H3,(H3,16,17,18). The van der Waals surface area contributed by atoms with Crippen LogP contribution in [0.3, 0.4) is 0 Å². The normalized spacial score (nSPS) is 12.0. The van der Waals surface area contributed by atoms with Gasteiger partial charge in [-0.1, -0.05) is 18.2 Å². The van der Waals surface area contributed by atoms with Crippen molar-refractivity contribution in [1.82, 2.24) is 0 Å². The first kappa shape index (κ1) is 12.3. The lowest BCUT2D eigenvalue weighted by molar-refractivity contribution is 0.415. The summed E-state index contributed by atoms with van der Waals surface area (Å²) in [6.07, 6.45) is 0. The first-order valence-electron chi connectivity index (χ1n) is 6.21. The predicted molar refractivity (Wildman–Crippen MR) is 81.4 cm³/mol. The maximum atomic E-state index is 5.85. The molecule has 3 N–H and O–H groups in total. The van der Waals surface area contributed by atoms with Gasteiger partial charge in [0.15, 0.2) is 5.96 Å². The molecule has 0 amide bonds. The van der Waals surface area contributed by atoms with E-state index in [1.54, 1.807) is 14.2 Å². The fraction of sp³-hybridized carbons (Fsp3) is 0.133. The van der Waals surface area contributed by atoms with Crippen LogP contribution < -0.4 is 15.8 Å². The van der Waals surface area contributed by atoms with Gasteiger partial charge < -0.3 is 20.2 Å². The van der Waals surface area contributed by atoms with Crippen LogP contribution >= 0.6 is 0 Å². The number of hydrogen-bond acceptors (Lipinski definition) is 3. The minimum atomic E-state index is 0.338. The molecule has 0 aliphatic rings. The Kier molecular flexibility index (Phi) is 2.95. The molecule has 0 spiro atoms. The summed E-state index contributed by atoms with van der Waals surface area (Å²) in [6.45, 7) is 0. The minimum absolute atomic E-state index is 0.338. The summed E-state index contributed by atoms with van der Waals surface area (Å²) in [5, 5.41) is 5.07. The number of para-hydroxylation sites is 1. The van der Waals surface area contributed by atoms with Crippen molar-refractivity contribution in [2.75, 3.05) is 19.5 Å². The van der Waals surface area contributed by atoms with Crippen molar-refractivity contribution in [2.45, 2.75) is 0 Å². The highest BCUT2D eigenvalue weighted by molar-refractivity contribution is 6.14. The summed E-state index contributed by atoms with van der Waals surface area (Å²) in [5.41, 5.74) is 8.15. The Balaban J connectivity index is 2.33. The number of ether oxygens (including phenoxy) is 1. The fourth-order valence-electron chi connectivity index (χ4n) is 2.24. The van der Waals surface area contributed by atoms with E-state index in [-0.39, 0.29) is 0 Å². The number of guanidine groups is 1. The number of nitrogens with one attached hydrogen (secondary N) is 1. The van der Waals surface area contributed by atoms with Crippen LogP contribution in [0.2, 0.25) is 0 Å². The van der Waals surface area contributed by atoms with Crippen LogP contribution in [0.25, 0.3) is 21.9 Å². The molecular weight excluding hydrogens is 254 g/mol. The van der Waals surface area contributed by atoms with Crippen LogP contribution in [0.1, 0.15) is 0 Å². The predicted octanol–water partition coefficient (Wildman–Crippen LogP) is 2.95. The van der Waals surface area contributed by atoms with E-state index in [0.29, 0.717) is 11.7 Å². The maximum absolute atomic E-state index is 5.85. The van der Waals surface area contributed by atoms with E-state index in [1.807, 2.05) is 36.4 Å². The van der Waals surface area contributed by atoms with Crippen molar-refractivity contribution >= 4 is 33.6 Å². The zero-order chi connectivity index (χ0) is 14.1. The largest absolute Gasteiger partial charge is 0.497 e. The summed E-state index contributed by atoms with van der Waals surface area (Å²) in [4.78, 5) is 3.92. The second-order valence-corrected chi connectivity index (χ2v) is 4.38. The molecule has 0 saturated heterocycles. The van der Waals surface area contributed by atoms with Gasteiger partial charge in [-0.3, -0.25) is 4.99 Å². The summed E-state index contributed by atoms with van der Waals surface area (Å²) >= 11 is 0. The lowest BCUT2D eigenvalue weighted by atomic mass is 10.1. The molecule has 3 aromatic rings. The van der Waals surface area contributed by atoms with Crippen molar-refractivity contribution in [3.63, 3.8) is 0 Å². The highest BCUT2D eigenvalue weighted by Crippen LogP contribution is 2.37. The van der Waals surface area contributed by atoms with Gasteiger partial charge in [0, 0.05) is 24.6 Å². The molecule has 0 radical (unpaired) electrons. The van der Waals surface area contributed by atoms with Crippen LogP contribution in [0, 0.1) is 0 Å². The van der Waals surface area contributed by atoms with Gasteiger partial charge in [0.05, 0.1) is 18.2 Å². The quantitative estimate of drug-likeness (QED) is 0.554. The Morgan fingerprint density at radius 3 is 2.80 bits per heavy atom. The number of fused-ring (bicyclic) bond motifs is 3. The summed E-state index contributed by atoms with van der Waals surface area (Å²) in [6, 6.07) is 11.6.